The molecule has 0 spiro atoms. The van der Waals surface area contributed by atoms with Crippen molar-refractivity contribution in [3.05, 3.63) is 30.3 Å². The second-order valence-corrected chi connectivity index (χ2v) is 7.09. The molecular formula is C20H27N3O4. The lowest BCUT2D eigenvalue weighted by atomic mass is 9.95. The third-order valence-electron chi connectivity index (χ3n) is 5.34. The Morgan fingerprint density at radius 1 is 0.889 bits per heavy atom. The van der Waals surface area contributed by atoms with Gasteiger partial charge in [-0.3, -0.25) is 14.4 Å². The van der Waals surface area contributed by atoms with Gasteiger partial charge in [0, 0.05) is 52.1 Å². The van der Waals surface area contributed by atoms with E-state index in [-0.39, 0.29) is 30.2 Å². The molecular weight excluding hydrogens is 346 g/mol. The van der Waals surface area contributed by atoms with Gasteiger partial charge < -0.3 is 19.4 Å². The number of nitrogens with zero attached hydrogens (tertiary/aromatic N) is 3. The van der Waals surface area contributed by atoms with Crippen LogP contribution >= 0.6 is 0 Å². The first-order valence-electron chi connectivity index (χ1n) is 9.54. The molecule has 0 saturated carbocycles. The zero-order valence-corrected chi connectivity index (χ0v) is 15.8. The molecule has 0 unspecified atom stereocenters. The number of carbonyl (C=O) groups excluding carboxylic acids is 3. The summed E-state index contributed by atoms with van der Waals surface area (Å²) in [6.07, 6.45) is 1.45. The molecule has 7 nitrogen and oxygen atoms in total. The first-order chi connectivity index (χ1) is 13.0. The van der Waals surface area contributed by atoms with Gasteiger partial charge >= 0.3 is 0 Å². The van der Waals surface area contributed by atoms with E-state index in [0.717, 1.165) is 12.8 Å². The average Bonchev–Trinajstić information content (AvgIpc) is 2.72. The van der Waals surface area contributed by atoms with E-state index >= 15 is 0 Å². The minimum atomic E-state index is -0.0549. The lowest BCUT2D eigenvalue weighted by molar-refractivity contribution is -0.145. The number of rotatable bonds is 4. The quantitative estimate of drug-likeness (QED) is 0.789. The zero-order valence-electron chi connectivity index (χ0n) is 15.8. The number of piperazine rings is 1. The fourth-order valence-electron chi connectivity index (χ4n) is 3.63. The maximum absolute atomic E-state index is 12.7. The van der Waals surface area contributed by atoms with E-state index in [1.165, 1.54) is 0 Å². The highest BCUT2D eigenvalue weighted by Gasteiger charge is 2.31. The normalized spacial score (nSPS) is 18.3. The van der Waals surface area contributed by atoms with Crippen molar-refractivity contribution in [1.29, 1.82) is 0 Å². The minimum Gasteiger partial charge on any atom is -0.484 e. The molecule has 0 atom stereocenters. The molecule has 146 valence electrons. The van der Waals surface area contributed by atoms with Gasteiger partial charge in [-0.2, -0.15) is 0 Å². The molecule has 3 rings (SSSR count). The Labute approximate surface area is 159 Å². The standard InChI is InChI=1S/C20H27N3O4/c1-16(24)21-9-7-17(8-10-21)20(26)23-13-11-22(12-14-23)19(25)15-27-18-5-3-2-4-6-18/h2-6,17H,7-15H2,1H3. The van der Waals surface area contributed by atoms with Gasteiger partial charge in [0.2, 0.25) is 11.8 Å². The molecule has 1 aromatic rings. The predicted octanol–water partition coefficient (Wildman–Crippen LogP) is 0.995. The van der Waals surface area contributed by atoms with E-state index in [4.69, 9.17) is 4.74 Å². The summed E-state index contributed by atoms with van der Waals surface area (Å²) >= 11 is 0. The Bertz CT molecular complexity index is 663. The highest BCUT2D eigenvalue weighted by molar-refractivity contribution is 5.81. The number of amides is 3. The van der Waals surface area contributed by atoms with Gasteiger partial charge in [-0.05, 0) is 25.0 Å². The zero-order chi connectivity index (χ0) is 19.2. The fraction of sp³-hybridized carbons (Fsp3) is 0.550. The monoisotopic (exact) mass is 373 g/mol. The van der Waals surface area contributed by atoms with Crippen molar-refractivity contribution in [2.45, 2.75) is 19.8 Å². The molecule has 3 amide bonds. The summed E-state index contributed by atoms with van der Waals surface area (Å²) in [6, 6.07) is 9.27. The summed E-state index contributed by atoms with van der Waals surface area (Å²) in [4.78, 5) is 41.8. The van der Waals surface area contributed by atoms with Crippen molar-refractivity contribution in [3.63, 3.8) is 0 Å². The smallest absolute Gasteiger partial charge is 0.260 e. The first-order valence-corrected chi connectivity index (χ1v) is 9.54. The van der Waals surface area contributed by atoms with Crippen LogP contribution < -0.4 is 4.74 Å². The molecule has 0 aliphatic carbocycles. The molecule has 2 fully saturated rings. The highest BCUT2D eigenvalue weighted by atomic mass is 16.5. The second kappa shape index (κ2) is 8.88. The summed E-state index contributed by atoms with van der Waals surface area (Å²) in [5.74, 6) is 0.845. The van der Waals surface area contributed by atoms with Crippen LogP contribution in [0.4, 0.5) is 0 Å². The Balaban J connectivity index is 1.41. The molecule has 2 aliphatic heterocycles. The van der Waals surface area contributed by atoms with Crippen LogP contribution in [0.5, 0.6) is 5.75 Å². The predicted molar refractivity (Wildman–Crippen MR) is 100 cm³/mol. The lowest BCUT2D eigenvalue weighted by Gasteiger charge is -2.38. The van der Waals surface area contributed by atoms with Crippen molar-refractivity contribution >= 4 is 17.7 Å². The maximum atomic E-state index is 12.7. The molecule has 2 aliphatic rings. The van der Waals surface area contributed by atoms with Crippen LogP contribution in [0.25, 0.3) is 0 Å². The van der Waals surface area contributed by atoms with Gasteiger partial charge in [0.1, 0.15) is 5.75 Å². The number of ether oxygens (including phenoxy) is 1. The van der Waals surface area contributed by atoms with Gasteiger partial charge in [-0.25, -0.2) is 0 Å². The molecule has 7 heteroatoms. The average molecular weight is 373 g/mol. The van der Waals surface area contributed by atoms with Crippen molar-refractivity contribution in [3.8, 4) is 5.75 Å². The van der Waals surface area contributed by atoms with Gasteiger partial charge in [-0.15, -0.1) is 0 Å². The summed E-state index contributed by atoms with van der Waals surface area (Å²) in [5.41, 5.74) is 0. The van der Waals surface area contributed by atoms with Crippen LogP contribution in [0.15, 0.2) is 30.3 Å². The number of hydrogen-bond donors (Lipinski definition) is 0. The van der Waals surface area contributed by atoms with Crippen LogP contribution in [0.3, 0.4) is 0 Å². The topological polar surface area (TPSA) is 70.2 Å². The van der Waals surface area contributed by atoms with Gasteiger partial charge in [-0.1, -0.05) is 18.2 Å². The van der Waals surface area contributed by atoms with E-state index in [1.807, 2.05) is 35.2 Å². The molecule has 0 N–H and O–H groups in total. The Morgan fingerprint density at radius 2 is 1.48 bits per heavy atom. The number of piperidine rings is 1. The molecule has 2 heterocycles. The largest absolute Gasteiger partial charge is 0.484 e. The Hall–Kier alpha value is -2.57. The van der Waals surface area contributed by atoms with E-state index in [9.17, 15) is 14.4 Å². The van der Waals surface area contributed by atoms with E-state index in [0.29, 0.717) is 45.0 Å². The van der Waals surface area contributed by atoms with Crippen LogP contribution in [-0.4, -0.2) is 78.3 Å². The van der Waals surface area contributed by atoms with Crippen molar-refractivity contribution in [2.75, 3.05) is 45.9 Å². The minimum absolute atomic E-state index is 0.00994. The summed E-state index contributed by atoms with van der Waals surface area (Å²) in [5, 5.41) is 0. The second-order valence-electron chi connectivity index (χ2n) is 7.09. The van der Waals surface area contributed by atoms with Gasteiger partial charge in [0.25, 0.3) is 5.91 Å². The van der Waals surface area contributed by atoms with Crippen LogP contribution in [-0.2, 0) is 14.4 Å². The summed E-state index contributed by atoms with van der Waals surface area (Å²) < 4.78 is 5.52. The van der Waals surface area contributed by atoms with Crippen LogP contribution in [0.2, 0.25) is 0 Å². The third kappa shape index (κ3) is 4.99. The Kier molecular flexibility index (Phi) is 6.32. The van der Waals surface area contributed by atoms with Gasteiger partial charge in [0.15, 0.2) is 6.61 Å². The third-order valence-corrected chi connectivity index (χ3v) is 5.34. The number of carbonyl (C=O) groups is 3. The van der Waals surface area contributed by atoms with Crippen LogP contribution in [0.1, 0.15) is 19.8 Å². The molecule has 2 saturated heterocycles. The van der Waals surface area contributed by atoms with E-state index < -0.39 is 0 Å². The number of para-hydroxylation sites is 1. The highest BCUT2D eigenvalue weighted by Crippen LogP contribution is 2.20. The lowest BCUT2D eigenvalue weighted by Crippen LogP contribution is -2.53. The van der Waals surface area contributed by atoms with Crippen molar-refractivity contribution in [1.82, 2.24) is 14.7 Å². The number of benzene rings is 1. The first kappa shape index (κ1) is 19.2. The van der Waals surface area contributed by atoms with Gasteiger partial charge in [0.05, 0.1) is 0 Å². The molecule has 1 aromatic carbocycles. The number of likely N-dealkylation sites (tertiary alicyclic amines) is 1. The summed E-state index contributed by atoms with van der Waals surface area (Å²) in [7, 11) is 0. The molecule has 0 bridgehead atoms. The fourth-order valence-corrected chi connectivity index (χ4v) is 3.63. The van der Waals surface area contributed by atoms with Crippen LogP contribution in [0, 0.1) is 5.92 Å². The molecule has 0 aromatic heterocycles. The maximum Gasteiger partial charge on any atom is 0.260 e. The van der Waals surface area contributed by atoms with E-state index in [2.05, 4.69) is 0 Å². The van der Waals surface area contributed by atoms with Crippen molar-refractivity contribution in [2.24, 2.45) is 5.92 Å². The van der Waals surface area contributed by atoms with Crippen molar-refractivity contribution < 1.29 is 19.1 Å². The molecule has 0 radical (unpaired) electrons. The summed E-state index contributed by atoms with van der Waals surface area (Å²) in [6.45, 7) is 5.08. The number of hydrogen-bond acceptors (Lipinski definition) is 4. The SMILES string of the molecule is CC(=O)N1CCC(C(=O)N2CCN(C(=O)COc3ccccc3)CC2)CC1. The Morgan fingerprint density at radius 3 is 2.07 bits per heavy atom. The molecule has 27 heavy (non-hydrogen) atoms. The van der Waals surface area contributed by atoms with E-state index in [1.54, 1.807) is 16.7 Å².